The maximum atomic E-state index is 12.1. The number of ether oxygens (including phenoxy) is 1. The van der Waals surface area contributed by atoms with Crippen LogP contribution in [0.5, 0.6) is 5.75 Å². The van der Waals surface area contributed by atoms with Crippen molar-refractivity contribution in [3.8, 4) is 5.75 Å². The van der Waals surface area contributed by atoms with Crippen LogP contribution in [0.2, 0.25) is 0 Å². The molecule has 0 saturated carbocycles. The molecule has 1 atom stereocenters. The standard InChI is InChI=1S/C16H21NO4/c1-12-4-2-6-14(10-12)21-9-7-15(18)17-8-3-5-13(17)11-16(19)20/h2,4,6,10,13H,3,5,7-9,11H2,1H3,(H,19,20). The summed E-state index contributed by atoms with van der Waals surface area (Å²) < 4.78 is 5.57. The third-order valence-electron chi connectivity index (χ3n) is 3.68. The molecular weight excluding hydrogens is 270 g/mol. The maximum absolute atomic E-state index is 12.1. The Morgan fingerprint density at radius 3 is 2.95 bits per heavy atom. The molecule has 1 unspecified atom stereocenters. The number of hydrogen-bond donors (Lipinski definition) is 1. The summed E-state index contributed by atoms with van der Waals surface area (Å²) in [5.74, 6) is -0.117. The highest BCUT2D eigenvalue weighted by atomic mass is 16.5. The molecule has 0 aromatic heterocycles. The molecule has 5 heteroatoms. The second-order valence-corrected chi connectivity index (χ2v) is 5.40. The lowest BCUT2D eigenvalue weighted by atomic mass is 10.1. The molecule has 2 rings (SSSR count). The molecule has 1 amide bonds. The highest BCUT2D eigenvalue weighted by Gasteiger charge is 2.29. The van der Waals surface area contributed by atoms with Gasteiger partial charge >= 0.3 is 5.97 Å². The van der Waals surface area contributed by atoms with E-state index in [9.17, 15) is 9.59 Å². The normalized spacial score (nSPS) is 17.8. The summed E-state index contributed by atoms with van der Waals surface area (Å²) >= 11 is 0. The lowest BCUT2D eigenvalue weighted by Crippen LogP contribution is -2.37. The third-order valence-corrected chi connectivity index (χ3v) is 3.68. The Morgan fingerprint density at radius 2 is 2.24 bits per heavy atom. The molecule has 0 aliphatic carbocycles. The van der Waals surface area contributed by atoms with Gasteiger partial charge in [-0.05, 0) is 37.5 Å². The van der Waals surface area contributed by atoms with Gasteiger partial charge in [0, 0.05) is 12.6 Å². The first-order valence-electron chi connectivity index (χ1n) is 7.27. The number of aryl methyl sites for hydroxylation is 1. The second kappa shape index (κ2) is 7.11. The molecule has 114 valence electrons. The van der Waals surface area contributed by atoms with Gasteiger partial charge in [-0.25, -0.2) is 0 Å². The number of carboxylic acid groups (broad SMARTS) is 1. The van der Waals surface area contributed by atoms with Crippen LogP contribution in [0.25, 0.3) is 0 Å². The number of hydrogen-bond acceptors (Lipinski definition) is 3. The van der Waals surface area contributed by atoms with Crippen molar-refractivity contribution < 1.29 is 19.4 Å². The SMILES string of the molecule is Cc1cccc(OCCC(=O)N2CCCC2CC(=O)O)c1. The Bertz CT molecular complexity index is 515. The van der Waals surface area contributed by atoms with Crippen LogP contribution in [0.15, 0.2) is 24.3 Å². The molecule has 1 aliphatic heterocycles. The highest BCUT2D eigenvalue weighted by Crippen LogP contribution is 2.21. The molecule has 1 aliphatic rings. The number of likely N-dealkylation sites (tertiary alicyclic amines) is 1. The molecule has 5 nitrogen and oxygen atoms in total. The van der Waals surface area contributed by atoms with Gasteiger partial charge in [0.2, 0.25) is 5.91 Å². The van der Waals surface area contributed by atoms with Gasteiger partial charge in [-0.3, -0.25) is 9.59 Å². The lowest BCUT2D eigenvalue weighted by molar-refractivity contribution is -0.140. The van der Waals surface area contributed by atoms with E-state index in [2.05, 4.69) is 0 Å². The number of carbonyl (C=O) groups excluding carboxylic acids is 1. The fourth-order valence-electron chi connectivity index (χ4n) is 2.68. The minimum Gasteiger partial charge on any atom is -0.493 e. The molecule has 1 aromatic rings. The minimum atomic E-state index is -0.851. The predicted molar refractivity (Wildman–Crippen MR) is 78.3 cm³/mol. The van der Waals surface area contributed by atoms with Gasteiger partial charge in [-0.15, -0.1) is 0 Å². The van der Waals surface area contributed by atoms with E-state index in [0.29, 0.717) is 13.2 Å². The number of nitrogens with zero attached hydrogens (tertiary/aromatic N) is 1. The van der Waals surface area contributed by atoms with Crippen molar-refractivity contribution in [1.82, 2.24) is 4.90 Å². The average molecular weight is 291 g/mol. The van der Waals surface area contributed by atoms with Crippen LogP contribution in [0.3, 0.4) is 0 Å². The molecule has 1 aromatic carbocycles. The summed E-state index contributed by atoms with van der Waals surface area (Å²) in [6.45, 7) is 2.96. The first-order valence-corrected chi connectivity index (χ1v) is 7.27. The van der Waals surface area contributed by atoms with Gasteiger partial charge in [0.1, 0.15) is 5.75 Å². The van der Waals surface area contributed by atoms with Crippen molar-refractivity contribution in [2.75, 3.05) is 13.2 Å². The van der Waals surface area contributed by atoms with E-state index in [4.69, 9.17) is 9.84 Å². The van der Waals surface area contributed by atoms with E-state index in [1.165, 1.54) is 0 Å². The van der Waals surface area contributed by atoms with E-state index < -0.39 is 5.97 Å². The summed E-state index contributed by atoms with van der Waals surface area (Å²) in [6, 6.07) is 7.52. The number of carboxylic acids is 1. The molecule has 0 radical (unpaired) electrons. The fourth-order valence-corrected chi connectivity index (χ4v) is 2.68. The Balaban J connectivity index is 1.80. The summed E-state index contributed by atoms with van der Waals surface area (Å²) in [5.41, 5.74) is 1.11. The summed E-state index contributed by atoms with van der Waals surface area (Å²) in [7, 11) is 0. The number of rotatable bonds is 6. The Hall–Kier alpha value is -2.04. The Labute approximate surface area is 124 Å². The lowest BCUT2D eigenvalue weighted by Gasteiger charge is -2.23. The van der Waals surface area contributed by atoms with Gasteiger partial charge < -0.3 is 14.7 Å². The molecular formula is C16H21NO4. The molecule has 0 spiro atoms. The summed E-state index contributed by atoms with van der Waals surface area (Å²) in [4.78, 5) is 24.6. The molecule has 21 heavy (non-hydrogen) atoms. The van der Waals surface area contributed by atoms with Crippen LogP contribution in [-0.2, 0) is 9.59 Å². The number of benzene rings is 1. The molecule has 1 heterocycles. The number of carbonyl (C=O) groups is 2. The first-order chi connectivity index (χ1) is 10.1. The smallest absolute Gasteiger partial charge is 0.305 e. The van der Waals surface area contributed by atoms with Gasteiger partial charge in [0.25, 0.3) is 0 Å². The van der Waals surface area contributed by atoms with Gasteiger partial charge in [0.05, 0.1) is 19.4 Å². The average Bonchev–Trinajstić information content (AvgIpc) is 2.86. The van der Waals surface area contributed by atoms with Crippen LogP contribution in [0, 0.1) is 6.92 Å². The van der Waals surface area contributed by atoms with Crippen LogP contribution in [0.1, 0.15) is 31.2 Å². The zero-order chi connectivity index (χ0) is 15.2. The predicted octanol–water partition coefficient (Wildman–Crippen LogP) is 2.23. The van der Waals surface area contributed by atoms with Crippen molar-refractivity contribution in [1.29, 1.82) is 0 Å². The largest absolute Gasteiger partial charge is 0.493 e. The molecule has 1 fully saturated rings. The quantitative estimate of drug-likeness (QED) is 0.872. The molecule has 0 bridgehead atoms. The van der Waals surface area contributed by atoms with Crippen molar-refractivity contribution >= 4 is 11.9 Å². The Kier molecular flexibility index (Phi) is 5.20. The zero-order valence-corrected chi connectivity index (χ0v) is 12.2. The van der Waals surface area contributed by atoms with Crippen LogP contribution in [-0.4, -0.2) is 41.1 Å². The molecule has 1 N–H and O–H groups in total. The zero-order valence-electron chi connectivity index (χ0n) is 12.2. The minimum absolute atomic E-state index is 0.0218. The summed E-state index contributed by atoms with van der Waals surface area (Å²) in [6.07, 6.45) is 1.97. The van der Waals surface area contributed by atoms with Crippen LogP contribution >= 0.6 is 0 Å². The van der Waals surface area contributed by atoms with Crippen molar-refractivity contribution in [2.24, 2.45) is 0 Å². The van der Waals surface area contributed by atoms with Crippen LogP contribution in [0.4, 0.5) is 0 Å². The van der Waals surface area contributed by atoms with Gasteiger partial charge in [-0.2, -0.15) is 0 Å². The van der Waals surface area contributed by atoms with Gasteiger partial charge in [0.15, 0.2) is 0 Å². The monoisotopic (exact) mass is 291 g/mol. The van der Waals surface area contributed by atoms with Gasteiger partial charge in [-0.1, -0.05) is 12.1 Å². The fraction of sp³-hybridized carbons (Fsp3) is 0.500. The van der Waals surface area contributed by atoms with E-state index in [0.717, 1.165) is 24.2 Å². The number of amides is 1. The van der Waals surface area contributed by atoms with Crippen LogP contribution < -0.4 is 4.74 Å². The second-order valence-electron chi connectivity index (χ2n) is 5.40. The van der Waals surface area contributed by atoms with Crippen molar-refractivity contribution in [3.63, 3.8) is 0 Å². The van der Waals surface area contributed by atoms with E-state index in [-0.39, 0.29) is 24.8 Å². The third kappa shape index (κ3) is 4.48. The molecule has 1 saturated heterocycles. The first kappa shape index (κ1) is 15.4. The van der Waals surface area contributed by atoms with E-state index in [1.807, 2.05) is 31.2 Å². The van der Waals surface area contributed by atoms with E-state index in [1.54, 1.807) is 4.90 Å². The van der Waals surface area contributed by atoms with Crippen molar-refractivity contribution in [2.45, 2.75) is 38.6 Å². The van der Waals surface area contributed by atoms with E-state index >= 15 is 0 Å². The maximum Gasteiger partial charge on any atom is 0.305 e. The van der Waals surface area contributed by atoms with Crippen molar-refractivity contribution in [3.05, 3.63) is 29.8 Å². The topological polar surface area (TPSA) is 66.8 Å². The Morgan fingerprint density at radius 1 is 1.43 bits per heavy atom. The number of aliphatic carboxylic acids is 1. The summed E-state index contributed by atoms with van der Waals surface area (Å²) in [5, 5.41) is 8.86. The highest BCUT2D eigenvalue weighted by molar-refractivity contribution is 5.78.